The predicted molar refractivity (Wildman–Crippen MR) is 77.7 cm³/mol. The van der Waals surface area contributed by atoms with Crippen LogP contribution in [0.25, 0.3) is 0 Å². The summed E-state index contributed by atoms with van der Waals surface area (Å²) in [4.78, 5) is 0. The maximum Gasteiger partial charge on any atom is 0.0431 e. The van der Waals surface area contributed by atoms with E-state index in [1.54, 1.807) is 0 Å². The van der Waals surface area contributed by atoms with E-state index in [1.165, 1.54) is 29.7 Å². The number of nitrogens with one attached hydrogen (secondary N) is 1. The van der Waals surface area contributed by atoms with Crippen molar-refractivity contribution >= 4 is 11.4 Å². The largest absolute Gasteiger partial charge is 0.398 e. The number of nitrogen functional groups attached to an aromatic ring is 1. The molecule has 1 aromatic carbocycles. The number of rotatable bonds is 0. The maximum absolute atomic E-state index is 6.09. The molecule has 3 N–H and O–H groups in total. The van der Waals surface area contributed by atoms with E-state index in [1.807, 2.05) is 19.9 Å². The Labute approximate surface area is 106 Å². The summed E-state index contributed by atoms with van der Waals surface area (Å²) in [6.45, 7) is 11.7. The van der Waals surface area contributed by atoms with Crippen molar-refractivity contribution in [3.8, 4) is 0 Å². The summed E-state index contributed by atoms with van der Waals surface area (Å²) in [7, 11) is 0. The Kier molecular flexibility index (Phi) is 4.44. The second kappa shape index (κ2) is 5.44. The van der Waals surface area contributed by atoms with Gasteiger partial charge in [0.1, 0.15) is 0 Å². The Bertz CT molecular complexity index is 375. The van der Waals surface area contributed by atoms with Crippen LogP contribution in [0.5, 0.6) is 0 Å². The fourth-order valence-corrected chi connectivity index (χ4v) is 2.37. The van der Waals surface area contributed by atoms with Gasteiger partial charge in [0, 0.05) is 23.5 Å². The molecule has 0 amide bonds. The fourth-order valence-electron chi connectivity index (χ4n) is 2.37. The lowest BCUT2D eigenvalue weighted by Crippen LogP contribution is -2.21. The lowest BCUT2D eigenvalue weighted by atomic mass is 9.82. The van der Waals surface area contributed by atoms with Crippen LogP contribution in [0.15, 0.2) is 12.1 Å². The van der Waals surface area contributed by atoms with Crippen LogP contribution in [-0.4, -0.2) is 6.54 Å². The molecule has 1 aromatic rings. The minimum absolute atomic E-state index is 0.111. The molecule has 0 bridgehead atoms. The molecule has 0 fully saturated rings. The monoisotopic (exact) mass is 234 g/mol. The summed E-state index contributed by atoms with van der Waals surface area (Å²) in [6, 6.07) is 4.21. The van der Waals surface area contributed by atoms with Gasteiger partial charge in [-0.05, 0) is 29.9 Å². The van der Waals surface area contributed by atoms with Gasteiger partial charge in [0.25, 0.3) is 0 Å². The Morgan fingerprint density at radius 1 is 1.18 bits per heavy atom. The SMILES string of the molecule is CC.CC(C)(C)c1c(N)ccc2c1NCCC2. The quantitative estimate of drug-likeness (QED) is 0.667. The highest BCUT2D eigenvalue weighted by Crippen LogP contribution is 2.38. The lowest BCUT2D eigenvalue weighted by Gasteiger charge is -2.29. The normalized spacial score (nSPS) is 14.2. The Morgan fingerprint density at radius 3 is 2.41 bits per heavy atom. The average molecular weight is 234 g/mol. The first kappa shape index (κ1) is 13.9. The van der Waals surface area contributed by atoms with Gasteiger partial charge in [-0.1, -0.05) is 40.7 Å². The Hall–Kier alpha value is -1.18. The molecule has 1 aliphatic heterocycles. The molecule has 2 rings (SSSR count). The number of hydrogen-bond acceptors (Lipinski definition) is 2. The van der Waals surface area contributed by atoms with Crippen LogP contribution in [-0.2, 0) is 11.8 Å². The molecule has 0 radical (unpaired) electrons. The van der Waals surface area contributed by atoms with E-state index in [2.05, 4.69) is 32.2 Å². The molecule has 0 aromatic heterocycles. The molecule has 0 spiro atoms. The zero-order valence-corrected chi connectivity index (χ0v) is 11.9. The molecule has 0 aliphatic carbocycles. The van der Waals surface area contributed by atoms with Crippen LogP contribution in [0.2, 0.25) is 0 Å². The molecule has 0 atom stereocenters. The lowest BCUT2D eigenvalue weighted by molar-refractivity contribution is 0.591. The summed E-state index contributed by atoms with van der Waals surface area (Å²) in [6.07, 6.45) is 2.40. The zero-order chi connectivity index (χ0) is 13.1. The van der Waals surface area contributed by atoms with E-state index in [0.29, 0.717) is 0 Å². The topological polar surface area (TPSA) is 38.0 Å². The second-order valence-corrected chi connectivity index (χ2v) is 5.34. The molecule has 17 heavy (non-hydrogen) atoms. The van der Waals surface area contributed by atoms with Crippen LogP contribution in [0.1, 0.15) is 52.2 Å². The highest BCUT2D eigenvalue weighted by atomic mass is 14.9. The Morgan fingerprint density at radius 2 is 1.82 bits per heavy atom. The van der Waals surface area contributed by atoms with E-state index in [9.17, 15) is 0 Å². The van der Waals surface area contributed by atoms with Crippen molar-refractivity contribution in [3.63, 3.8) is 0 Å². The van der Waals surface area contributed by atoms with Crippen molar-refractivity contribution in [2.75, 3.05) is 17.6 Å². The van der Waals surface area contributed by atoms with E-state index in [-0.39, 0.29) is 5.41 Å². The highest BCUT2D eigenvalue weighted by molar-refractivity contribution is 5.70. The third-order valence-electron chi connectivity index (χ3n) is 3.00. The molecule has 0 saturated carbocycles. The van der Waals surface area contributed by atoms with E-state index < -0.39 is 0 Å². The minimum atomic E-state index is 0.111. The van der Waals surface area contributed by atoms with Crippen LogP contribution in [0.3, 0.4) is 0 Å². The summed E-state index contributed by atoms with van der Waals surface area (Å²) in [5, 5.41) is 3.50. The number of anilines is 2. The standard InChI is InChI=1S/C13H20N2.C2H6/c1-13(2,3)11-10(14)7-6-9-5-4-8-15-12(9)11;1-2/h6-7,15H,4-5,8,14H2,1-3H3;1-2H3. The van der Waals surface area contributed by atoms with E-state index in [4.69, 9.17) is 5.73 Å². The highest BCUT2D eigenvalue weighted by Gasteiger charge is 2.24. The number of benzene rings is 1. The number of nitrogens with two attached hydrogens (primary N) is 1. The average Bonchev–Trinajstić information content (AvgIpc) is 2.29. The summed E-state index contributed by atoms with van der Waals surface area (Å²) < 4.78 is 0. The first-order valence-corrected chi connectivity index (χ1v) is 6.66. The minimum Gasteiger partial charge on any atom is -0.398 e. The predicted octanol–water partition coefficient (Wildman–Crippen LogP) is 3.95. The molecular formula is C15H26N2. The number of hydrogen-bond donors (Lipinski definition) is 2. The van der Waals surface area contributed by atoms with Crippen molar-refractivity contribution in [1.29, 1.82) is 0 Å². The first-order valence-electron chi connectivity index (χ1n) is 6.66. The van der Waals surface area contributed by atoms with E-state index >= 15 is 0 Å². The van der Waals surface area contributed by atoms with Crippen molar-refractivity contribution in [1.82, 2.24) is 0 Å². The third-order valence-corrected chi connectivity index (χ3v) is 3.00. The molecule has 96 valence electrons. The summed E-state index contributed by atoms with van der Waals surface area (Å²) in [5.41, 5.74) is 11.1. The fraction of sp³-hybridized carbons (Fsp3) is 0.600. The van der Waals surface area contributed by atoms with Gasteiger partial charge < -0.3 is 11.1 Å². The molecule has 1 heterocycles. The molecule has 2 heteroatoms. The molecule has 0 unspecified atom stereocenters. The molecular weight excluding hydrogens is 208 g/mol. The van der Waals surface area contributed by atoms with Crippen molar-refractivity contribution < 1.29 is 0 Å². The van der Waals surface area contributed by atoms with Gasteiger partial charge >= 0.3 is 0 Å². The van der Waals surface area contributed by atoms with Gasteiger partial charge in [-0.3, -0.25) is 0 Å². The number of fused-ring (bicyclic) bond motifs is 1. The number of aryl methyl sites for hydroxylation is 1. The van der Waals surface area contributed by atoms with Gasteiger partial charge in [-0.25, -0.2) is 0 Å². The van der Waals surface area contributed by atoms with Gasteiger partial charge in [-0.15, -0.1) is 0 Å². The third kappa shape index (κ3) is 2.93. The van der Waals surface area contributed by atoms with Gasteiger partial charge in [-0.2, -0.15) is 0 Å². The van der Waals surface area contributed by atoms with E-state index in [0.717, 1.165) is 12.2 Å². The van der Waals surface area contributed by atoms with Crippen LogP contribution in [0.4, 0.5) is 11.4 Å². The first-order chi connectivity index (χ1) is 8.00. The second-order valence-electron chi connectivity index (χ2n) is 5.34. The molecule has 0 saturated heterocycles. The molecule has 2 nitrogen and oxygen atoms in total. The van der Waals surface area contributed by atoms with Crippen molar-refractivity contribution in [2.45, 2.75) is 52.9 Å². The van der Waals surface area contributed by atoms with Gasteiger partial charge in [0.15, 0.2) is 0 Å². The molecule has 1 aliphatic rings. The zero-order valence-electron chi connectivity index (χ0n) is 11.9. The summed E-state index contributed by atoms with van der Waals surface area (Å²) >= 11 is 0. The van der Waals surface area contributed by atoms with Gasteiger partial charge in [0.05, 0.1) is 0 Å². The van der Waals surface area contributed by atoms with Crippen molar-refractivity contribution in [3.05, 3.63) is 23.3 Å². The summed E-state index contributed by atoms with van der Waals surface area (Å²) in [5.74, 6) is 0. The Balaban J connectivity index is 0.000000686. The van der Waals surface area contributed by atoms with Crippen molar-refractivity contribution in [2.24, 2.45) is 0 Å². The van der Waals surface area contributed by atoms with Crippen LogP contribution >= 0.6 is 0 Å². The van der Waals surface area contributed by atoms with Crippen LogP contribution < -0.4 is 11.1 Å². The van der Waals surface area contributed by atoms with Crippen LogP contribution in [0, 0.1) is 0 Å². The maximum atomic E-state index is 6.09. The van der Waals surface area contributed by atoms with Gasteiger partial charge in [0.2, 0.25) is 0 Å². The smallest absolute Gasteiger partial charge is 0.0431 e.